The molecule has 1 aromatic rings. The third kappa shape index (κ3) is 2.01. The molecule has 5 rings (SSSR count). The van der Waals surface area contributed by atoms with Gasteiger partial charge in [0.2, 0.25) is 5.76 Å². The first-order valence-corrected chi connectivity index (χ1v) is 7.95. The average molecular weight is 290 g/mol. The van der Waals surface area contributed by atoms with Crippen molar-refractivity contribution in [1.29, 1.82) is 0 Å². The van der Waals surface area contributed by atoms with Gasteiger partial charge in [0.05, 0.1) is 11.8 Å². The minimum atomic E-state index is -0.197. The fourth-order valence-corrected chi connectivity index (χ4v) is 5.31. The maximum atomic E-state index is 12.1. The highest BCUT2D eigenvalue weighted by Crippen LogP contribution is 2.59. The van der Waals surface area contributed by atoms with Crippen LogP contribution in [0.5, 0.6) is 0 Å². The molecule has 1 N–H and O–H groups in total. The van der Waals surface area contributed by atoms with E-state index < -0.39 is 0 Å². The lowest BCUT2D eigenvalue weighted by atomic mass is 9.49. The van der Waals surface area contributed by atoms with E-state index in [0.717, 1.165) is 11.8 Å². The number of carbonyl (C=O) groups is 1. The number of rotatable bonds is 4. The summed E-state index contributed by atoms with van der Waals surface area (Å²) in [5, 5.41) is 6.59. The van der Waals surface area contributed by atoms with Gasteiger partial charge in [-0.25, -0.2) is 0 Å². The van der Waals surface area contributed by atoms with Gasteiger partial charge in [0.15, 0.2) is 0 Å². The summed E-state index contributed by atoms with van der Waals surface area (Å²) in [6.45, 7) is 0.581. The summed E-state index contributed by atoms with van der Waals surface area (Å²) in [5.74, 6) is 3.03. The standard InChI is InChI=1S/C16H22N2O3/c1-20-16(9-17-15(19)14-2-3-18-21-14)12-5-10-4-11(7-12)8-13(16)6-10/h2-3,10-13H,4-9H2,1H3,(H,17,19). The molecule has 0 unspecified atom stereocenters. The van der Waals surface area contributed by atoms with Crippen LogP contribution in [0.2, 0.25) is 0 Å². The van der Waals surface area contributed by atoms with E-state index in [1.807, 2.05) is 7.11 Å². The highest BCUT2D eigenvalue weighted by atomic mass is 16.5. The van der Waals surface area contributed by atoms with Crippen molar-refractivity contribution < 1.29 is 14.1 Å². The number of nitrogens with zero attached hydrogens (tertiary/aromatic N) is 1. The molecular formula is C16H22N2O3. The van der Waals surface area contributed by atoms with E-state index in [1.54, 1.807) is 6.07 Å². The number of ether oxygens (including phenoxy) is 1. The highest BCUT2D eigenvalue weighted by Gasteiger charge is 2.57. The first kappa shape index (κ1) is 13.3. The van der Waals surface area contributed by atoms with Crippen LogP contribution in [-0.4, -0.2) is 30.3 Å². The van der Waals surface area contributed by atoms with E-state index in [9.17, 15) is 4.79 Å². The van der Waals surface area contributed by atoms with Crippen molar-refractivity contribution in [2.75, 3.05) is 13.7 Å². The summed E-state index contributed by atoms with van der Waals surface area (Å²) in [6.07, 6.45) is 7.96. The predicted molar refractivity (Wildman–Crippen MR) is 75.6 cm³/mol. The monoisotopic (exact) mass is 290 g/mol. The predicted octanol–water partition coefficient (Wildman–Crippen LogP) is 2.25. The Bertz CT molecular complexity index is 498. The number of methoxy groups -OCH3 is 1. The molecule has 114 valence electrons. The Morgan fingerprint density at radius 2 is 2.00 bits per heavy atom. The van der Waals surface area contributed by atoms with E-state index >= 15 is 0 Å². The number of amides is 1. The largest absolute Gasteiger partial charge is 0.376 e. The minimum absolute atomic E-state index is 0.177. The van der Waals surface area contributed by atoms with E-state index in [4.69, 9.17) is 9.26 Å². The van der Waals surface area contributed by atoms with Crippen LogP contribution in [-0.2, 0) is 4.74 Å². The molecule has 1 aromatic heterocycles. The van der Waals surface area contributed by atoms with E-state index in [0.29, 0.717) is 18.4 Å². The van der Waals surface area contributed by atoms with Gasteiger partial charge in [-0.2, -0.15) is 0 Å². The van der Waals surface area contributed by atoms with E-state index in [2.05, 4.69) is 10.5 Å². The van der Waals surface area contributed by atoms with Crippen LogP contribution in [0.25, 0.3) is 0 Å². The second-order valence-corrected chi connectivity index (χ2v) is 7.02. The van der Waals surface area contributed by atoms with Gasteiger partial charge in [0.1, 0.15) is 0 Å². The minimum Gasteiger partial charge on any atom is -0.376 e. The van der Waals surface area contributed by atoms with Crippen LogP contribution >= 0.6 is 0 Å². The number of hydrogen-bond donors (Lipinski definition) is 1. The second-order valence-electron chi connectivity index (χ2n) is 7.02. The van der Waals surface area contributed by atoms with Crippen molar-refractivity contribution in [1.82, 2.24) is 10.5 Å². The second kappa shape index (κ2) is 4.83. The lowest BCUT2D eigenvalue weighted by Crippen LogP contribution is -2.63. The van der Waals surface area contributed by atoms with Crippen molar-refractivity contribution in [3.05, 3.63) is 18.0 Å². The van der Waals surface area contributed by atoms with Crippen LogP contribution in [0.15, 0.2) is 16.8 Å². The summed E-state index contributed by atoms with van der Waals surface area (Å²) in [7, 11) is 1.81. The van der Waals surface area contributed by atoms with Crippen LogP contribution in [0.4, 0.5) is 0 Å². The number of carbonyl (C=O) groups excluding carboxylic acids is 1. The molecule has 5 heteroatoms. The Morgan fingerprint density at radius 3 is 2.52 bits per heavy atom. The Morgan fingerprint density at radius 1 is 1.33 bits per heavy atom. The summed E-state index contributed by atoms with van der Waals surface area (Å²) in [4.78, 5) is 12.1. The van der Waals surface area contributed by atoms with Crippen molar-refractivity contribution in [3.8, 4) is 0 Å². The van der Waals surface area contributed by atoms with Gasteiger partial charge in [0.25, 0.3) is 5.91 Å². The zero-order valence-electron chi connectivity index (χ0n) is 12.4. The van der Waals surface area contributed by atoms with E-state index in [1.165, 1.54) is 38.3 Å². The van der Waals surface area contributed by atoms with Crippen LogP contribution < -0.4 is 5.32 Å². The molecule has 0 atom stereocenters. The molecule has 4 fully saturated rings. The molecule has 0 aliphatic heterocycles. The first-order valence-electron chi connectivity index (χ1n) is 7.95. The molecule has 0 spiro atoms. The number of aromatic nitrogens is 1. The van der Waals surface area contributed by atoms with Crippen LogP contribution in [0.1, 0.15) is 42.7 Å². The maximum Gasteiger partial charge on any atom is 0.289 e. The van der Waals surface area contributed by atoms with E-state index in [-0.39, 0.29) is 17.3 Å². The topological polar surface area (TPSA) is 64.4 Å². The van der Waals surface area contributed by atoms with Gasteiger partial charge in [-0.05, 0) is 55.8 Å². The van der Waals surface area contributed by atoms with Crippen LogP contribution in [0, 0.1) is 23.7 Å². The fourth-order valence-electron chi connectivity index (χ4n) is 5.31. The molecule has 5 nitrogen and oxygen atoms in total. The fraction of sp³-hybridized carbons (Fsp3) is 0.750. The molecule has 1 amide bonds. The van der Waals surface area contributed by atoms with Gasteiger partial charge in [-0.15, -0.1) is 0 Å². The average Bonchev–Trinajstić information content (AvgIpc) is 3.00. The van der Waals surface area contributed by atoms with Crippen molar-refractivity contribution in [3.63, 3.8) is 0 Å². The smallest absolute Gasteiger partial charge is 0.289 e. The van der Waals surface area contributed by atoms with Crippen molar-refractivity contribution in [2.45, 2.75) is 37.7 Å². The Labute approximate surface area is 124 Å². The van der Waals surface area contributed by atoms with Crippen molar-refractivity contribution in [2.24, 2.45) is 23.7 Å². The van der Waals surface area contributed by atoms with Crippen LogP contribution in [0.3, 0.4) is 0 Å². The Balaban J connectivity index is 1.50. The van der Waals surface area contributed by atoms with Gasteiger partial charge in [0, 0.05) is 19.7 Å². The third-order valence-electron chi connectivity index (χ3n) is 6.09. The quantitative estimate of drug-likeness (QED) is 0.923. The first-order chi connectivity index (χ1) is 10.2. The summed E-state index contributed by atoms with van der Waals surface area (Å²) in [5.41, 5.74) is -0.177. The molecule has 1 heterocycles. The maximum absolute atomic E-state index is 12.1. The molecular weight excluding hydrogens is 268 g/mol. The Kier molecular flexibility index (Phi) is 3.06. The third-order valence-corrected chi connectivity index (χ3v) is 6.09. The zero-order valence-corrected chi connectivity index (χ0v) is 12.4. The molecule has 4 aliphatic rings. The van der Waals surface area contributed by atoms with Gasteiger partial charge in [-0.1, -0.05) is 5.16 Å². The SMILES string of the molecule is COC1(CNC(=O)c2ccno2)C2CC3CC(C2)CC1C3. The lowest BCUT2D eigenvalue weighted by molar-refractivity contribution is -0.186. The highest BCUT2D eigenvalue weighted by molar-refractivity contribution is 5.91. The van der Waals surface area contributed by atoms with Gasteiger partial charge in [-0.3, -0.25) is 4.79 Å². The molecule has 0 radical (unpaired) electrons. The van der Waals surface area contributed by atoms with Crippen molar-refractivity contribution >= 4 is 5.91 Å². The van der Waals surface area contributed by atoms with Gasteiger partial charge < -0.3 is 14.6 Å². The molecule has 4 saturated carbocycles. The molecule has 4 bridgehead atoms. The summed E-state index contributed by atoms with van der Waals surface area (Å²) in [6, 6.07) is 1.59. The normalized spacial score (nSPS) is 40.4. The number of nitrogens with one attached hydrogen (secondary N) is 1. The summed E-state index contributed by atoms with van der Waals surface area (Å²) >= 11 is 0. The molecule has 0 saturated heterocycles. The number of hydrogen-bond acceptors (Lipinski definition) is 4. The summed E-state index contributed by atoms with van der Waals surface area (Å²) < 4.78 is 10.9. The molecule has 21 heavy (non-hydrogen) atoms. The lowest BCUT2D eigenvalue weighted by Gasteiger charge is -2.60. The Hall–Kier alpha value is -1.36. The molecule has 0 aromatic carbocycles. The zero-order chi connectivity index (χ0) is 14.4. The van der Waals surface area contributed by atoms with Gasteiger partial charge >= 0.3 is 0 Å². The molecule has 4 aliphatic carbocycles.